The SMILES string of the molecule is COc1ccccc1CNC(=O)NC(C)c1ccc(C(C)(C)C)cc1. The molecule has 25 heavy (non-hydrogen) atoms. The van der Waals surface area contributed by atoms with Crippen LogP contribution in [-0.4, -0.2) is 13.1 Å². The third-order valence-electron chi connectivity index (χ3n) is 4.26. The Hall–Kier alpha value is -2.49. The topological polar surface area (TPSA) is 50.4 Å². The first-order valence-electron chi connectivity index (χ1n) is 8.58. The maximum atomic E-state index is 12.2. The number of hydrogen-bond acceptors (Lipinski definition) is 2. The van der Waals surface area contributed by atoms with Crippen LogP contribution in [0.25, 0.3) is 0 Å². The molecule has 1 unspecified atom stereocenters. The van der Waals surface area contributed by atoms with Crippen molar-refractivity contribution in [3.63, 3.8) is 0 Å². The molecular weight excluding hydrogens is 312 g/mol. The number of ether oxygens (including phenoxy) is 1. The first kappa shape index (κ1) is 18.8. The van der Waals surface area contributed by atoms with Crippen molar-refractivity contribution in [3.8, 4) is 5.75 Å². The molecule has 4 heteroatoms. The van der Waals surface area contributed by atoms with Crippen LogP contribution in [0.3, 0.4) is 0 Å². The Kier molecular flexibility index (Phi) is 6.07. The van der Waals surface area contributed by atoms with Crippen LogP contribution in [0.4, 0.5) is 4.79 Å². The van der Waals surface area contributed by atoms with Gasteiger partial charge in [0, 0.05) is 12.1 Å². The van der Waals surface area contributed by atoms with Crippen LogP contribution in [0.2, 0.25) is 0 Å². The van der Waals surface area contributed by atoms with Gasteiger partial charge in [0.1, 0.15) is 5.75 Å². The minimum atomic E-state index is -0.196. The van der Waals surface area contributed by atoms with Gasteiger partial charge in [-0.3, -0.25) is 0 Å². The summed E-state index contributed by atoms with van der Waals surface area (Å²) in [6, 6.07) is 15.8. The van der Waals surface area contributed by atoms with Gasteiger partial charge in [0.15, 0.2) is 0 Å². The Labute approximate surface area is 150 Å². The number of rotatable bonds is 5. The maximum Gasteiger partial charge on any atom is 0.315 e. The molecule has 2 rings (SSSR count). The van der Waals surface area contributed by atoms with Crippen LogP contribution in [0.15, 0.2) is 48.5 Å². The lowest BCUT2D eigenvalue weighted by atomic mass is 9.86. The van der Waals surface area contributed by atoms with Crippen molar-refractivity contribution in [2.75, 3.05) is 7.11 Å². The summed E-state index contributed by atoms with van der Waals surface area (Å²) in [5.74, 6) is 0.772. The van der Waals surface area contributed by atoms with E-state index in [0.717, 1.165) is 16.9 Å². The van der Waals surface area contributed by atoms with Gasteiger partial charge in [-0.2, -0.15) is 0 Å². The van der Waals surface area contributed by atoms with Gasteiger partial charge < -0.3 is 15.4 Å². The van der Waals surface area contributed by atoms with E-state index in [1.54, 1.807) is 7.11 Å². The van der Waals surface area contributed by atoms with Crippen molar-refractivity contribution in [2.45, 2.75) is 45.7 Å². The van der Waals surface area contributed by atoms with E-state index in [1.165, 1.54) is 5.56 Å². The number of urea groups is 1. The molecule has 2 aromatic carbocycles. The third-order valence-corrected chi connectivity index (χ3v) is 4.26. The van der Waals surface area contributed by atoms with Gasteiger partial charge in [0.05, 0.1) is 13.2 Å². The summed E-state index contributed by atoms with van der Waals surface area (Å²) in [6.45, 7) is 8.97. The summed E-state index contributed by atoms with van der Waals surface area (Å²) in [5.41, 5.74) is 3.44. The first-order valence-corrected chi connectivity index (χ1v) is 8.58. The highest BCUT2D eigenvalue weighted by atomic mass is 16.5. The second kappa shape index (κ2) is 8.06. The van der Waals surface area contributed by atoms with E-state index in [2.05, 4.69) is 55.7 Å². The van der Waals surface area contributed by atoms with Gasteiger partial charge in [-0.25, -0.2) is 4.79 Å². The van der Waals surface area contributed by atoms with Gasteiger partial charge in [-0.1, -0.05) is 63.2 Å². The molecule has 4 nitrogen and oxygen atoms in total. The van der Waals surface area contributed by atoms with E-state index >= 15 is 0 Å². The number of amides is 2. The van der Waals surface area contributed by atoms with Crippen LogP contribution in [0.1, 0.15) is 50.4 Å². The fraction of sp³-hybridized carbons (Fsp3) is 0.381. The summed E-state index contributed by atoms with van der Waals surface area (Å²) >= 11 is 0. The molecule has 0 aliphatic carbocycles. The number of carbonyl (C=O) groups excluding carboxylic acids is 1. The molecule has 0 radical (unpaired) electrons. The molecule has 0 aliphatic heterocycles. The van der Waals surface area contributed by atoms with Crippen molar-refractivity contribution in [1.29, 1.82) is 0 Å². The number of hydrogen-bond donors (Lipinski definition) is 2. The number of carbonyl (C=O) groups is 1. The largest absolute Gasteiger partial charge is 0.496 e. The van der Waals surface area contributed by atoms with Crippen LogP contribution >= 0.6 is 0 Å². The Morgan fingerprint density at radius 1 is 1.08 bits per heavy atom. The fourth-order valence-electron chi connectivity index (χ4n) is 2.63. The van der Waals surface area contributed by atoms with E-state index in [9.17, 15) is 4.79 Å². The van der Waals surface area contributed by atoms with Crippen molar-refractivity contribution in [1.82, 2.24) is 10.6 Å². The van der Waals surface area contributed by atoms with Crippen LogP contribution in [-0.2, 0) is 12.0 Å². The summed E-state index contributed by atoms with van der Waals surface area (Å²) in [7, 11) is 1.63. The zero-order chi connectivity index (χ0) is 18.4. The van der Waals surface area contributed by atoms with Crippen molar-refractivity contribution in [3.05, 3.63) is 65.2 Å². The average molecular weight is 340 g/mol. The molecule has 2 amide bonds. The highest BCUT2D eigenvalue weighted by molar-refractivity contribution is 5.74. The first-order chi connectivity index (χ1) is 11.8. The van der Waals surface area contributed by atoms with Crippen molar-refractivity contribution in [2.24, 2.45) is 0 Å². The lowest BCUT2D eigenvalue weighted by molar-refractivity contribution is 0.237. The summed E-state index contributed by atoms with van der Waals surface area (Å²) < 4.78 is 5.29. The molecule has 0 bridgehead atoms. The number of para-hydroxylation sites is 1. The predicted molar refractivity (Wildman–Crippen MR) is 102 cm³/mol. The monoisotopic (exact) mass is 340 g/mol. The number of nitrogens with one attached hydrogen (secondary N) is 2. The van der Waals surface area contributed by atoms with E-state index in [4.69, 9.17) is 4.74 Å². The zero-order valence-corrected chi connectivity index (χ0v) is 15.7. The molecule has 0 saturated carbocycles. The molecule has 0 spiro atoms. The summed E-state index contributed by atoms with van der Waals surface area (Å²) in [6.07, 6.45) is 0. The van der Waals surface area contributed by atoms with E-state index in [1.807, 2.05) is 31.2 Å². The van der Waals surface area contributed by atoms with Crippen LogP contribution in [0.5, 0.6) is 5.75 Å². The summed E-state index contributed by atoms with van der Waals surface area (Å²) in [4.78, 5) is 12.2. The Bertz CT molecular complexity index is 703. The van der Waals surface area contributed by atoms with Gasteiger partial charge in [-0.05, 0) is 29.5 Å². The molecule has 0 heterocycles. The minimum absolute atomic E-state index is 0.0633. The lowest BCUT2D eigenvalue weighted by Crippen LogP contribution is -2.36. The second-order valence-corrected chi connectivity index (χ2v) is 7.23. The molecule has 0 aliphatic rings. The molecule has 1 atom stereocenters. The number of methoxy groups -OCH3 is 1. The Morgan fingerprint density at radius 2 is 1.72 bits per heavy atom. The van der Waals surface area contributed by atoms with Crippen LogP contribution in [0, 0.1) is 0 Å². The highest BCUT2D eigenvalue weighted by Crippen LogP contribution is 2.24. The molecule has 0 fully saturated rings. The quantitative estimate of drug-likeness (QED) is 0.839. The molecule has 0 saturated heterocycles. The van der Waals surface area contributed by atoms with Gasteiger partial charge in [-0.15, -0.1) is 0 Å². The molecule has 0 aromatic heterocycles. The van der Waals surface area contributed by atoms with Crippen molar-refractivity contribution >= 4 is 6.03 Å². The predicted octanol–water partition coefficient (Wildman–Crippen LogP) is 4.55. The van der Waals surface area contributed by atoms with E-state index in [0.29, 0.717) is 6.54 Å². The van der Waals surface area contributed by atoms with Gasteiger partial charge in [0.2, 0.25) is 0 Å². The normalized spacial score (nSPS) is 12.4. The minimum Gasteiger partial charge on any atom is -0.496 e. The smallest absolute Gasteiger partial charge is 0.315 e. The fourth-order valence-corrected chi connectivity index (χ4v) is 2.63. The highest BCUT2D eigenvalue weighted by Gasteiger charge is 2.15. The molecule has 2 N–H and O–H groups in total. The zero-order valence-electron chi connectivity index (χ0n) is 15.7. The molecule has 134 valence electrons. The summed E-state index contributed by atoms with van der Waals surface area (Å²) in [5, 5.41) is 5.85. The van der Waals surface area contributed by atoms with Crippen molar-refractivity contribution < 1.29 is 9.53 Å². The standard InChI is InChI=1S/C21H28N2O2/c1-15(16-10-12-18(13-11-16)21(2,3)4)23-20(24)22-14-17-8-6-7-9-19(17)25-5/h6-13,15H,14H2,1-5H3,(H2,22,23,24). The van der Waals surface area contributed by atoms with Gasteiger partial charge >= 0.3 is 6.03 Å². The average Bonchev–Trinajstić information content (AvgIpc) is 2.59. The van der Waals surface area contributed by atoms with E-state index in [-0.39, 0.29) is 17.5 Å². The van der Waals surface area contributed by atoms with Gasteiger partial charge in [0.25, 0.3) is 0 Å². The maximum absolute atomic E-state index is 12.2. The van der Waals surface area contributed by atoms with E-state index < -0.39 is 0 Å². The molecule has 2 aromatic rings. The molecular formula is C21H28N2O2. The third kappa shape index (κ3) is 5.24. The lowest BCUT2D eigenvalue weighted by Gasteiger charge is -2.21. The second-order valence-electron chi connectivity index (χ2n) is 7.23. The Morgan fingerprint density at radius 3 is 2.32 bits per heavy atom. The Balaban J connectivity index is 1.91. The van der Waals surface area contributed by atoms with Crippen LogP contribution < -0.4 is 15.4 Å². The number of benzene rings is 2.